The summed E-state index contributed by atoms with van der Waals surface area (Å²) in [7, 11) is 0. The van der Waals surface area contributed by atoms with Crippen LogP contribution in [0.15, 0.2) is 0 Å². The summed E-state index contributed by atoms with van der Waals surface area (Å²) in [5.74, 6) is 2.43. The van der Waals surface area contributed by atoms with Crippen LogP contribution in [0.25, 0.3) is 0 Å². The molecule has 2 heterocycles. The summed E-state index contributed by atoms with van der Waals surface area (Å²) in [4.78, 5) is 14.3. The number of Topliss-reactive ketones (excluding diaryl/α,β-unsaturated/α-hetero) is 1. The van der Waals surface area contributed by atoms with Crippen molar-refractivity contribution >= 4 is 5.78 Å². The Morgan fingerprint density at radius 1 is 1.11 bits per heavy atom. The molecular formula is C16H27NO. The van der Waals surface area contributed by atoms with E-state index in [0.717, 1.165) is 24.7 Å². The lowest BCUT2D eigenvalue weighted by Crippen LogP contribution is -2.44. The highest BCUT2D eigenvalue weighted by Crippen LogP contribution is 2.36. The summed E-state index contributed by atoms with van der Waals surface area (Å²) in [6.45, 7) is 3.68. The number of carbonyl (C=O) groups excluding carboxylic acids is 1. The van der Waals surface area contributed by atoms with Crippen LogP contribution in [0.2, 0.25) is 0 Å². The van der Waals surface area contributed by atoms with Crippen molar-refractivity contribution in [2.75, 3.05) is 6.54 Å². The van der Waals surface area contributed by atoms with E-state index in [1.54, 1.807) is 0 Å². The fraction of sp³-hybridized carbons (Fsp3) is 0.938. The van der Waals surface area contributed by atoms with Gasteiger partial charge in [-0.05, 0) is 44.1 Å². The van der Waals surface area contributed by atoms with Gasteiger partial charge in [0.05, 0.1) is 0 Å². The highest BCUT2D eigenvalue weighted by atomic mass is 16.1. The molecule has 0 radical (unpaired) electrons. The van der Waals surface area contributed by atoms with Crippen LogP contribution in [0, 0.1) is 11.8 Å². The van der Waals surface area contributed by atoms with Gasteiger partial charge in [-0.15, -0.1) is 0 Å². The Morgan fingerprint density at radius 2 is 1.83 bits per heavy atom. The molecule has 4 atom stereocenters. The first-order valence-corrected chi connectivity index (χ1v) is 8.00. The van der Waals surface area contributed by atoms with Crippen LogP contribution in [0.4, 0.5) is 0 Å². The van der Waals surface area contributed by atoms with Crippen LogP contribution in [0.3, 0.4) is 0 Å². The summed E-state index contributed by atoms with van der Waals surface area (Å²) in [6.07, 6.45) is 11.4. The molecule has 0 N–H and O–H groups in total. The second-order valence-electron chi connectivity index (χ2n) is 7.00. The van der Waals surface area contributed by atoms with E-state index in [4.69, 9.17) is 0 Å². The Kier molecular flexibility index (Phi) is 3.74. The average Bonchev–Trinajstić information content (AvgIpc) is 2.57. The first-order valence-electron chi connectivity index (χ1n) is 8.00. The summed E-state index contributed by atoms with van der Waals surface area (Å²) >= 11 is 0. The van der Waals surface area contributed by atoms with Gasteiger partial charge in [-0.25, -0.2) is 0 Å². The van der Waals surface area contributed by atoms with Gasteiger partial charge >= 0.3 is 0 Å². The van der Waals surface area contributed by atoms with E-state index in [1.165, 1.54) is 51.5 Å². The van der Waals surface area contributed by atoms with Crippen LogP contribution >= 0.6 is 0 Å². The Bertz CT molecular complexity index is 298. The quantitative estimate of drug-likeness (QED) is 0.764. The lowest BCUT2D eigenvalue weighted by atomic mass is 9.80. The molecule has 3 rings (SSSR count). The Labute approximate surface area is 111 Å². The SMILES string of the molecule is CC1CCCC(CCN2C3CCC2CC(=O)C3)C1. The number of hydrogen-bond donors (Lipinski definition) is 0. The van der Waals surface area contributed by atoms with Crippen molar-refractivity contribution in [2.45, 2.75) is 76.8 Å². The molecule has 2 aliphatic heterocycles. The fourth-order valence-corrected chi connectivity index (χ4v) is 4.58. The average molecular weight is 249 g/mol. The molecule has 1 aliphatic carbocycles. The van der Waals surface area contributed by atoms with Crippen molar-refractivity contribution in [3.63, 3.8) is 0 Å². The monoisotopic (exact) mass is 249 g/mol. The van der Waals surface area contributed by atoms with E-state index in [1.807, 2.05) is 0 Å². The second kappa shape index (κ2) is 5.32. The molecule has 18 heavy (non-hydrogen) atoms. The third-order valence-corrected chi connectivity index (χ3v) is 5.54. The predicted octanol–water partition coefficient (Wildman–Crippen LogP) is 3.40. The zero-order valence-electron chi connectivity index (χ0n) is 11.7. The maximum absolute atomic E-state index is 11.6. The normalized spacial score (nSPS) is 41.3. The van der Waals surface area contributed by atoms with Gasteiger partial charge in [0.15, 0.2) is 0 Å². The van der Waals surface area contributed by atoms with Gasteiger partial charge in [0.25, 0.3) is 0 Å². The maximum atomic E-state index is 11.6. The molecule has 102 valence electrons. The topological polar surface area (TPSA) is 20.3 Å². The van der Waals surface area contributed by atoms with Crippen molar-refractivity contribution in [3.8, 4) is 0 Å². The number of ketones is 1. The maximum Gasteiger partial charge on any atom is 0.136 e. The van der Waals surface area contributed by atoms with Crippen LogP contribution in [0.5, 0.6) is 0 Å². The van der Waals surface area contributed by atoms with E-state index >= 15 is 0 Å². The highest BCUT2D eigenvalue weighted by Gasteiger charge is 2.39. The number of fused-ring (bicyclic) bond motifs is 2. The number of nitrogens with zero attached hydrogens (tertiary/aromatic N) is 1. The number of carbonyl (C=O) groups is 1. The van der Waals surface area contributed by atoms with Gasteiger partial charge in [0.2, 0.25) is 0 Å². The van der Waals surface area contributed by atoms with Crippen molar-refractivity contribution in [1.29, 1.82) is 0 Å². The molecule has 2 saturated heterocycles. The molecule has 2 bridgehead atoms. The van der Waals surface area contributed by atoms with E-state index < -0.39 is 0 Å². The fourth-order valence-electron chi connectivity index (χ4n) is 4.58. The standard InChI is InChI=1S/C16H27NO/c1-12-3-2-4-13(9-12)7-8-17-14-5-6-15(17)11-16(18)10-14/h12-15H,2-11H2,1H3. The molecule has 3 aliphatic rings. The van der Waals surface area contributed by atoms with Crippen molar-refractivity contribution in [3.05, 3.63) is 0 Å². The van der Waals surface area contributed by atoms with Crippen LogP contribution in [-0.2, 0) is 4.79 Å². The van der Waals surface area contributed by atoms with Gasteiger partial charge < -0.3 is 0 Å². The summed E-state index contributed by atoms with van der Waals surface area (Å²) in [5.41, 5.74) is 0. The second-order valence-corrected chi connectivity index (χ2v) is 7.00. The molecule has 0 amide bonds. The minimum Gasteiger partial charge on any atom is -0.300 e. The van der Waals surface area contributed by atoms with E-state index in [9.17, 15) is 4.79 Å². The molecule has 0 aromatic carbocycles. The van der Waals surface area contributed by atoms with Crippen molar-refractivity contribution in [2.24, 2.45) is 11.8 Å². The van der Waals surface area contributed by atoms with E-state index in [-0.39, 0.29) is 0 Å². The van der Waals surface area contributed by atoms with Gasteiger partial charge in [0, 0.05) is 24.9 Å². The summed E-state index contributed by atoms with van der Waals surface area (Å²) < 4.78 is 0. The smallest absolute Gasteiger partial charge is 0.136 e. The molecule has 3 fully saturated rings. The lowest BCUT2D eigenvalue weighted by molar-refractivity contribution is -0.123. The third kappa shape index (κ3) is 2.64. The molecule has 2 nitrogen and oxygen atoms in total. The van der Waals surface area contributed by atoms with E-state index in [2.05, 4.69) is 11.8 Å². The van der Waals surface area contributed by atoms with Crippen molar-refractivity contribution < 1.29 is 4.79 Å². The Balaban J connectivity index is 1.50. The first kappa shape index (κ1) is 12.7. The predicted molar refractivity (Wildman–Crippen MR) is 73.5 cm³/mol. The van der Waals surface area contributed by atoms with E-state index in [0.29, 0.717) is 17.9 Å². The largest absolute Gasteiger partial charge is 0.300 e. The highest BCUT2D eigenvalue weighted by molar-refractivity contribution is 5.80. The van der Waals surface area contributed by atoms with Gasteiger partial charge in [-0.1, -0.05) is 26.2 Å². The van der Waals surface area contributed by atoms with Crippen LogP contribution in [0.1, 0.15) is 64.7 Å². The van der Waals surface area contributed by atoms with Gasteiger partial charge in [0.1, 0.15) is 5.78 Å². The van der Waals surface area contributed by atoms with Crippen LogP contribution < -0.4 is 0 Å². The number of rotatable bonds is 3. The molecule has 0 spiro atoms. The minimum atomic E-state index is 0.519. The number of piperidine rings is 1. The summed E-state index contributed by atoms with van der Waals surface area (Å²) in [6, 6.07) is 1.22. The molecular weight excluding hydrogens is 222 g/mol. The molecule has 0 aromatic heterocycles. The van der Waals surface area contributed by atoms with Crippen molar-refractivity contribution in [1.82, 2.24) is 4.90 Å². The Morgan fingerprint density at radius 3 is 2.50 bits per heavy atom. The molecule has 0 aromatic rings. The molecule has 1 saturated carbocycles. The summed E-state index contributed by atoms with van der Waals surface area (Å²) in [5, 5.41) is 0. The zero-order chi connectivity index (χ0) is 12.5. The third-order valence-electron chi connectivity index (χ3n) is 5.54. The first-order chi connectivity index (χ1) is 8.72. The minimum absolute atomic E-state index is 0.519. The number of hydrogen-bond acceptors (Lipinski definition) is 2. The molecule has 2 heteroatoms. The lowest BCUT2D eigenvalue weighted by Gasteiger charge is -2.36. The Hall–Kier alpha value is -0.370. The van der Waals surface area contributed by atoms with Gasteiger partial charge in [-0.2, -0.15) is 0 Å². The van der Waals surface area contributed by atoms with Gasteiger partial charge in [-0.3, -0.25) is 9.69 Å². The zero-order valence-corrected chi connectivity index (χ0v) is 11.7. The van der Waals surface area contributed by atoms with Crippen LogP contribution in [-0.4, -0.2) is 29.3 Å². The molecule has 4 unspecified atom stereocenters.